The van der Waals surface area contributed by atoms with Crippen molar-refractivity contribution in [1.29, 1.82) is 0 Å². The van der Waals surface area contributed by atoms with Gasteiger partial charge in [-0.2, -0.15) is 0 Å². The molecule has 138 valence electrons. The van der Waals surface area contributed by atoms with Crippen molar-refractivity contribution < 1.29 is 14.2 Å². The normalized spacial score (nSPS) is 13.0. The Balaban J connectivity index is 1.96. The first kappa shape index (κ1) is 18.4. The van der Waals surface area contributed by atoms with Crippen molar-refractivity contribution in [2.45, 2.75) is 38.9 Å². The number of hydrogen-bond acceptors (Lipinski definition) is 3. The molecule has 1 heterocycles. The third kappa shape index (κ3) is 2.93. The molecule has 0 fully saturated rings. The molecule has 0 saturated carbocycles. The van der Waals surface area contributed by atoms with Crippen LogP contribution in [-0.4, -0.2) is 23.8 Å². The van der Waals surface area contributed by atoms with E-state index in [0.29, 0.717) is 12.5 Å². The number of furan rings is 1. The van der Waals surface area contributed by atoms with Gasteiger partial charge in [0.25, 0.3) is 0 Å². The number of para-hydroxylation sites is 1. The SMILES string of the molecule is CC(C)(O)C(C)(C)OBc1c(Cl)c2c3ccccc3oc2c2ccccc12. The van der Waals surface area contributed by atoms with Crippen LogP contribution in [0.25, 0.3) is 32.7 Å². The van der Waals surface area contributed by atoms with E-state index >= 15 is 0 Å². The summed E-state index contributed by atoms with van der Waals surface area (Å²) in [6, 6.07) is 16.0. The van der Waals surface area contributed by atoms with Gasteiger partial charge in [0.05, 0.1) is 11.2 Å². The first-order valence-corrected chi connectivity index (χ1v) is 9.45. The number of rotatable bonds is 4. The van der Waals surface area contributed by atoms with Crippen LogP contribution in [0.4, 0.5) is 0 Å². The minimum atomic E-state index is -0.984. The maximum Gasteiger partial charge on any atom is 0.311 e. The van der Waals surface area contributed by atoms with Crippen LogP contribution >= 0.6 is 11.6 Å². The molecule has 0 unspecified atom stereocenters. The van der Waals surface area contributed by atoms with Gasteiger partial charge in [0.1, 0.15) is 11.2 Å². The Kier molecular flexibility index (Phi) is 4.26. The zero-order chi connectivity index (χ0) is 19.4. The average Bonchev–Trinajstić information content (AvgIpc) is 3.00. The second-order valence-corrected chi connectivity index (χ2v) is 8.38. The molecule has 4 rings (SSSR count). The third-order valence-corrected chi connectivity index (χ3v) is 6.04. The van der Waals surface area contributed by atoms with Gasteiger partial charge < -0.3 is 14.2 Å². The van der Waals surface area contributed by atoms with E-state index in [-0.39, 0.29) is 0 Å². The Labute approximate surface area is 164 Å². The summed E-state index contributed by atoms with van der Waals surface area (Å²) in [7, 11) is 0.297. The number of fused-ring (bicyclic) bond motifs is 5. The number of hydrogen-bond donors (Lipinski definition) is 1. The van der Waals surface area contributed by atoms with Gasteiger partial charge in [0, 0.05) is 21.2 Å². The van der Waals surface area contributed by atoms with Crippen molar-refractivity contribution >= 4 is 57.3 Å². The molecule has 0 spiro atoms. The lowest BCUT2D eigenvalue weighted by Gasteiger charge is -2.37. The molecule has 3 nitrogen and oxygen atoms in total. The molecule has 0 radical (unpaired) electrons. The lowest BCUT2D eigenvalue weighted by Crippen LogP contribution is -2.49. The molecular formula is C22H22BClO3. The largest absolute Gasteiger partial charge is 0.455 e. The van der Waals surface area contributed by atoms with Crippen molar-refractivity contribution in [2.75, 3.05) is 0 Å². The maximum absolute atomic E-state index is 10.4. The van der Waals surface area contributed by atoms with Crippen LogP contribution in [0.1, 0.15) is 27.7 Å². The summed E-state index contributed by atoms with van der Waals surface area (Å²) in [5, 5.41) is 15.0. The van der Waals surface area contributed by atoms with E-state index in [2.05, 4.69) is 0 Å². The van der Waals surface area contributed by atoms with Crippen molar-refractivity contribution in [1.82, 2.24) is 0 Å². The predicted molar refractivity (Wildman–Crippen MR) is 114 cm³/mol. The minimum Gasteiger partial charge on any atom is -0.455 e. The van der Waals surface area contributed by atoms with Crippen LogP contribution < -0.4 is 5.46 Å². The van der Waals surface area contributed by atoms with E-state index < -0.39 is 11.2 Å². The Bertz CT molecular complexity index is 1160. The van der Waals surface area contributed by atoms with Crippen LogP contribution in [0, 0.1) is 0 Å². The quantitative estimate of drug-likeness (QED) is 0.510. The number of halogens is 1. The van der Waals surface area contributed by atoms with Crippen LogP contribution in [-0.2, 0) is 4.65 Å². The summed E-state index contributed by atoms with van der Waals surface area (Å²) in [5.74, 6) is 0. The number of benzene rings is 3. The van der Waals surface area contributed by atoms with Gasteiger partial charge in [-0.1, -0.05) is 54.1 Å². The van der Waals surface area contributed by atoms with Crippen LogP contribution in [0.15, 0.2) is 52.9 Å². The van der Waals surface area contributed by atoms with Crippen LogP contribution in [0.2, 0.25) is 5.02 Å². The highest BCUT2D eigenvalue weighted by Gasteiger charge is 2.36. The van der Waals surface area contributed by atoms with Crippen molar-refractivity contribution in [3.63, 3.8) is 0 Å². The maximum atomic E-state index is 10.4. The van der Waals surface area contributed by atoms with E-state index in [9.17, 15) is 5.11 Å². The molecule has 1 aromatic heterocycles. The van der Waals surface area contributed by atoms with Gasteiger partial charge in [-0.05, 0) is 44.6 Å². The van der Waals surface area contributed by atoms with Gasteiger partial charge in [0.2, 0.25) is 0 Å². The molecule has 0 amide bonds. The molecular weight excluding hydrogens is 359 g/mol. The fraction of sp³-hybridized carbons (Fsp3) is 0.273. The van der Waals surface area contributed by atoms with Gasteiger partial charge in [0.15, 0.2) is 0 Å². The molecule has 27 heavy (non-hydrogen) atoms. The lowest BCUT2D eigenvalue weighted by molar-refractivity contribution is -0.0893. The molecule has 0 saturated heterocycles. The van der Waals surface area contributed by atoms with Gasteiger partial charge >= 0.3 is 7.48 Å². The highest BCUT2D eigenvalue weighted by atomic mass is 35.5. The highest BCUT2D eigenvalue weighted by molar-refractivity contribution is 6.60. The fourth-order valence-corrected chi connectivity index (χ4v) is 3.58. The van der Waals surface area contributed by atoms with Crippen LogP contribution in [0.3, 0.4) is 0 Å². The number of aliphatic hydroxyl groups is 1. The predicted octanol–water partition coefficient (Wildman–Crippen LogP) is 4.94. The average molecular weight is 381 g/mol. The molecule has 5 heteroatoms. The molecule has 0 aliphatic rings. The molecule has 4 aromatic rings. The second-order valence-electron chi connectivity index (χ2n) is 8.00. The first-order valence-electron chi connectivity index (χ1n) is 9.07. The summed E-state index contributed by atoms with van der Waals surface area (Å²) in [6.45, 7) is 7.27. The third-order valence-electron chi connectivity index (χ3n) is 5.63. The Morgan fingerprint density at radius 1 is 0.926 bits per heavy atom. The molecule has 0 atom stereocenters. The monoisotopic (exact) mass is 380 g/mol. The summed E-state index contributed by atoms with van der Waals surface area (Å²) >= 11 is 6.88. The molecule has 3 aromatic carbocycles. The zero-order valence-electron chi connectivity index (χ0n) is 16.0. The Hall–Kier alpha value is -2.01. The van der Waals surface area contributed by atoms with E-state index in [4.69, 9.17) is 20.7 Å². The Morgan fingerprint density at radius 3 is 2.19 bits per heavy atom. The molecule has 0 aliphatic carbocycles. The Morgan fingerprint density at radius 2 is 1.52 bits per heavy atom. The smallest absolute Gasteiger partial charge is 0.311 e. The second kappa shape index (κ2) is 6.27. The van der Waals surface area contributed by atoms with Crippen molar-refractivity contribution in [3.8, 4) is 0 Å². The molecule has 1 N–H and O–H groups in total. The van der Waals surface area contributed by atoms with E-state index in [1.54, 1.807) is 13.8 Å². The fourth-order valence-electron chi connectivity index (χ4n) is 3.24. The first-order chi connectivity index (χ1) is 12.7. The highest BCUT2D eigenvalue weighted by Crippen LogP contribution is 2.38. The summed E-state index contributed by atoms with van der Waals surface area (Å²) in [6.07, 6.45) is 0. The molecule has 0 bridgehead atoms. The lowest BCUT2D eigenvalue weighted by atomic mass is 9.79. The van der Waals surface area contributed by atoms with Gasteiger partial charge in [-0.15, -0.1) is 0 Å². The summed E-state index contributed by atoms with van der Waals surface area (Å²) in [4.78, 5) is 0. The minimum absolute atomic E-state index is 0.297. The molecule has 0 aliphatic heterocycles. The summed E-state index contributed by atoms with van der Waals surface area (Å²) in [5.41, 5.74) is 0.799. The van der Waals surface area contributed by atoms with Crippen molar-refractivity contribution in [3.05, 3.63) is 53.6 Å². The summed E-state index contributed by atoms with van der Waals surface area (Å²) < 4.78 is 12.3. The van der Waals surface area contributed by atoms with Gasteiger partial charge in [-0.3, -0.25) is 0 Å². The van der Waals surface area contributed by atoms with Crippen molar-refractivity contribution in [2.24, 2.45) is 0 Å². The van der Waals surface area contributed by atoms with E-state index in [0.717, 1.165) is 38.2 Å². The van der Waals surface area contributed by atoms with E-state index in [1.165, 1.54) is 0 Å². The topological polar surface area (TPSA) is 42.6 Å². The standard InChI is InChI=1S/C22H22BClO3/c1-21(2,25)22(3,4)27-23-18-13-9-5-6-10-14(13)20-17(19(18)24)15-11-7-8-12-16(15)26-20/h5-12,23,25H,1-4H3. The van der Waals surface area contributed by atoms with Crippen LogP contribution in [0.5, 0.6) is 0 Å². The van der Waals surface area contributed by atoms with Gasteiger partial charge in [-0.25, -0.2) is 0 Å². The van der Waals surface area contributed by atoms with E-state index in [1.807, 2.05) is 62.4 Å². The zero-order valence-corrected chi connectivity index (χ0v) is 16.7.